The van der Waals surface area contributed by atoms with Gasteiger partial charge in [-0.1, -0.05) is 12.1 Å². The molecule has 2 bridgehead atoms. The molecular formula is C20H28N2O3. The number of piperidine rings is 3. The van der Waals surface area contributed by atoms with E-state index in [4.69, 9.17) is 4.74 Å². The lowest BCUT2D eigenvalue weighted by atomic mass is 9.75. The Labute approximate surface area is 149 Å². The van der Waals surface area contributed by atoms with Crippen LogP contribution in [0, 0.1) is 5.92 Å². The van der Waals surface area contributed by atoms with Crippen LogP contribution in [-0.2, 0) is 9.53 Å². The molecular weight excluding hydrogens is 316 g/mol. The summed E-state index contributed by atoms with van der Waals surface area (Å²) in [5, 5.41) is 9.91. The summed E-state index contributed by atoms with van der Waals surface area (Å²) in [5.41, 5.74) is 1.14. The molecule has 5 heteroatoms. The second-order valence-electron chi connectivity index (χ2n) is 7.96. The van der Waals surface area contributed by atoms with Crippen LogP contribution < -0.4 is 0 Å². The molecule has 4 aliphatic rings. The van der Waals surface area contributed by atoms with E-state index in [0.29, 0.717) is 17.7 Å². The second-order valence-corrected chi connectivity index (χ2v) is 7.96. The first-order chi connectivity index (χ1) is 12.0. The molecule has 5 nitrogen and oxygen atoms in total. The molecule has 4 saturated heterocycles. The number of ether oxygens (including phenoxy) is 1. The zero-order valence-corrected chi connectivity index (χ0v) is 15.1. The van der Waals surface area contributed by atoms with Crippen LogP contribution in [0.5, 0.6) is 5.75 Å². The van der Waals surface area contributed by atoms with Gasteiger partial charge in [0.1, 0.15) is 12.4 Å². The van der Waals surface area contributed by atoms with Gasteiger partial charge in [0.15, 0.2) is 0 Å². The third kappa shape index (κ3) is 3.04. The fraction of sp³-hybridized carbons (Fsp3) is 0.650. The zero-order chi connectivity index (χ0) is 17.6. The number of benzene rings is 1. The van der Waals surface area contributed by atoms with Crippen molar-refractivity contribution in [1.82, 2.24) is 9.80 Å². The van der Waals surface area contributed by atoms with Gasteiger partial charge in [0.05, 0.1) is 12.1 Å². The van der Waals surface area contributed by atoms with Gasteiger partial charge in [0, 0.05) is 18.5 Å². The van der Waals surface area contributed by atoms with Gasteiger partial charge < -0.3 is 14.7 Å². The Balaban J connectivity index is 1.62. The van der Waals surface area contributed by atoms with Gasteiger partial charge in [-0.05, 0) is 63.4 Å². The Morgan fingerprint density at radius 1 is 1.28 bits per heavy atom. The average Bonchev–Trinajstić information content (AvgIpc) is 3.03. The summed E-state index contributed by atoms with van der Waals surface area (Å²) in [4.78, 5) is 17.5. The highest BCUT2D eigenvalue weighted by atomic mass is 16.5. The number of aromatic hydroxyl groups is 1. The van der Waals surface area contributed by atoms with Crippen LogP contribution in [0.15, 0.2) is 24.3 Å². The maximum Gasteiger partial charge on any atom is 0.248 e. The van der Waals surface area contributed by atoms with Gasteiger partial charge >= 0.3 is 0 Å². The average molecular weight is 344 g/mol. The summed E-state index contributed by atoms with van der Waals surface area (Å²) in [6.07, 6.45) is 2.43. The Bertz CT molecular complexity index is 640. The van der Waals surface area contributed by atoms with E-state index < -0.39 is 0 Å². The van der Waals surface area contributed by atoms with Crippen molar-refractivity contribution in [3.05, 3.63) is 29.8 Å². The first kappa shape index (κ1) is 16.9. The number of hydrogen-bond donors (Lipinski definition) is 1. The number of nitrogens with zero attached hydrogens (tertiary/aromatic N) is 2. The number of carbonyl (C=O) groups is 1. The molecule has 0 aliphatic carbocycles. The fourth-order valence-corrected chi connectivity index (χ4v) is 5.07. The van der Waals surface area contributed by atoms with E-state index in [1.54, 1.807) is 6.07 Å². The van der Waals surface area contributed by atoms with Crippen LogP contribution in [0.25, 0.3) is 0 Å². The molecule has 0 unspecified atom stereocenters. The summed E-state index contributed by atoms with van der Waals surface area (Å²) in [5.74, 6) is 1.28. The molecule has 0 aromatic heterocycles. The van der Waals surface area contributed by atoms with Crippen molar-refractivity contribution in [2.45, 2.75) is 50.8 Å². The Hall–Kier alpha value is -1.59. The smallest absolute Gasteiger partial charge is 0.248 e. The van der Waals surface area contributed by atoms with E-state index in [-0.39, 0.29) is 30.6 Å². The number of phenols is 1. The number of hydrogen-bond acceptors (Lipinski definition) is 4. The highest BCUT2D eigenvalue weighted by Crippen LogP contribution is 2.46. The van der Waals surface area contributed by atoms with Crippen molar-refractivity contribution >= 4 is 5.91 Å². The molecule has 136 valence electrons. The zero-order valence-electron chi connectivity index (χ0n) is 15.1. The van der Waals surface area contributed by atoms with Gasteiger partial charge in [-0.2, -0.15) is 0 Å². The Morgan fingerprint density at radius 3 is 2.72 bits per heavy atom. The molecule has 0 radical (unpaired) electrons. The first-order valence-electron chi connectivity index (χ1n) is 9.48. The largest absolute Gasteiger partial charge is 0.508 e. The number of amides is 1. The predicted molar refractivity (Wildman–Crippen MR) is 95.5 cm³/mol. The van der Waals surface area contributed by atoms with E-state index in [1.165, 1.54) is 12.8 Å². The topological polar surface area (TPSA) is 53.0 Å². The molecule has 1 aromatic rings. The minimum absolute atomic E-state index is 0.0655. The first-order valence-corrected chi connectivity index (χ1v) is 9.48. The normalized spacial score (nSPS) is 33.7. The van der Waals surface area contributed by atoms with Crippen LogP contribution in [0.3, 0.4) is 0 Å². The fourth-order valence-electron chi connectivity index (χ4n) is 5.07. The summed E-state index contributed by atoms with van der Waals surface area (Å²) in [6.45, 7) is 7.08. The van der Waals surface area contributed by atoms with Crippen LogP contribution in [0.4, 0.5) is 0 Å². The van der Waals surface area contributed by atoms with E-state index >= 15 is 0 Å². The molecule has 4 heterocycles. The Morgan fingerprint density at radius 2 is 2.04 bits per heavy atom. The summed E-state index contributed by atoms with van der Waals surface area (Å²) >= 11 is 0. The summed E-state index contributed by atoms with van der Waals surface area (Å²) in [6, 6.07) is 8.23. The molecule has 1 N–H and O–H groups in total. The van der Waals surface area contributed by atoms with Crippen molar-refractivity contribution in [3.8, 4) is 5.75 Å². The van der Waals surface area contributed by atoms with Crippen LogP contribution in [0.1, 0.15) is 38.2 Å². The number of phenolic OH excluding ortho intramolecular Hbond substituents is 1. The van der Waals surface area contributed by atoms with E-state index in [2.05, 4.69) is 15.9 Å². The molecule has 25 heavy (non-hydrogen) atoms. The van der Waals surface area contributed by atoms with Crippen molar-refractivity contribution in [2.24, 2.45) is 5.92 Å². The number of carbonyl (C=O) groups excluding carboxylic acids is 1. The standard InChI is InChI=1S/C20H28N2O3/c1-13(2)25-12-18(24)22-11-17(15-4-3-5-16(23)10-15)20-19(22)14-6-8-21(20)9-7-14/h3-5,10,13-14,17,19-20,23H,6-9,11-12H2,1-2H3/t17-,19+,20+/m1/s1. The molecule has 4 fully saturated rings. The molecule has 5 rings (SSSR count). The van der Waals surface area contributed by atoms with Crippen molar-refractivity contribution in [2.75, 3.05) is 26.2 Å². The van der Waals surface area contributed by atoms with Crippen LogP contribution in [0.2, 0.25) is 0 Å². The van der Waals surface area contributed by atoms with Gasteiger partial charge in [0.2, 0.25) is 5.91 Å². The number of rotatable bonds is 4. The monoisotopic (exact) mass is 344 g/mol. The second kappa shape index (κ2) is 6.61. The molecule has 1 amide bonds. The minimum atomic E-state index is 0.0655. The molecule has 1 aromatic carbocycles. The molecule has 4 aliphatic heterocycles. The molecule has 0 spiro atoms. The predicted octanol–water partition coefficient (Wildman–Crippen LogP) is 2.21. The SMILES string of the molecule is CC(C)OCC(=O)N1C[C@H](c2cccc(O)c2)[C@H]2[C@@H]1C1CCN2CC1. The van der Waals surface area contributed by atoms with Gasteiger partial charge in [-0.15, -0.1) is 0 Å². The lowest BCUT2D eigenvalue weighted by Gasteiger charge is -2.51. The third-order valence-electron chi connectivity index (χ3n) is 6.15. The van der Waals surface area contributed by atoms with Crippen molar-refractivity contribution in [3.63, 3.8) is 0 Å². The van der Waals surface area contributed by atoms with E-state index in [0.717, 1.165) is 25.2 Å². The maximum atomic E-state index is 12.9. The lowest BCUT2D eigenvalue weighted by Crippen LogP contribution is -2.61. The quantitative estimate of drug-likeness (QED) is 0.910. The van der Waals surface area contributed by atoms with E-state index in [9.17, 15) is 9.90 Å². The summed E-state index contributed by atoms with van der Waals surface area (Å²) in [7, 11) is 0. The number of fused-ring (bicyclic) bond motifs is 2. The van der Waals surface area contributed by atoms with Gasteiger partial charge in [0.25, 0.3) is 0 Å². The molecule has 0 saturated carbocycles. The van der Waals surface area contributed by atoms with Crippen LogP contribution >= 0.6 is 0 Å². The lowest BCUT2D eigenvalue weighted by molar-refractivity contribution is -0.142. The highest BCUT2D eigenvalue weighted by Gasteiger charge is 2.54. The third-order valence-corrected chi connectivity index (χ3v) is 6.15. The maximum absolute atomic E-state index is 12.9. The van der Waals surface area contributed by atoms with Crippen LogP contribution in [-0.4, -0.2) is 65.2 Å². The minimum Gasteiger partial charge on any atom is -0.508 e. The van der Waals surface area contributed by atoms with Crippen molar-refractivity contribution in [1.29, 1.82) is 0 Å². The van der Waals surface area contributed by atoms with Crippen molar-refractivity contribution < 1.29 is 14.6 Å². The Kier molecular flexibility index (Phi) is 4.46. The van der Waals surface area contributed by atoms with E-state index in [1.807, 2.05) is 26.0 Å². The molecule has 3 atom stereocenters. The van der Waals surface area contributed by atoms with Gasteiger partial charge in [-0.25, -0.2) is 0 Å². The number of likely N-dealkylation sites (tertiary alicyclic amines) is 1. The highest BCUT2D eigenvalue weighted by molar-refractivity contribution is 5.78. The summed E-state index contributed by atoms with van der Waals surface area (Å²) < 4.78 is 5.59. The van der Waals surface area contributed by atoms with Gasteiger partial charge in [-0.3, -0.25) is 9.69 Å².